The number of aryl methyl sites for hydroxylation is 1. The first-order valence-corrected chi connectivity index (χ1v) is 7.98. The summed E-state index contributed by atoms with van der Waals surface area (Å²) < 4.78 is 15.8. The topological polar surface area (TPSA) is 68.8 Å². The minimum Gasteiger partial charge on any atom is -0.493 e. The molecule has 6 heteroatoms. The number of benzene rings is 2. The fraction of sp³-hybridized carbons (Fsp3) is 0.316. The number of carbonyl (C=O) groups is 1. The van der Waals surface area contributed by atoms with Gasteiger partial charge >= 0.3 is 6.03 Å². The fourth-order valence-corrected chi connectivity index (χ4v) is 2.53. The molecule has 0 aromatic heterocycles. The van der Waals surface area contributed by atoms with E-state index < -0.39 is 0 Å². The minimum atomic E-state index is -0.289. The van der Waals surface area contributed by atoms with Crippen LogP contribution in [0.15, 0.2) is 36.4 Å². The maximum absolute atomic E-state index is 12.1. The highest BCUT2D eigenvalue weighted by molar-refractivity contribution is 5.90. The molecule has 0 saturated carbocycles. The zero-order valence-corrected chi connectivity index (χ0v) is 15.0. The first kappa shape index (κ1) is 18.4. The van der Waals surface area contributed by atoms with E-state index in [0.717, 1.165) is 6.42 Å². The Hall–Kier alpha value is -2.89. The van der Waals surface area contributed by atoms with Gasteiger partial charge in [-0.05, 0) is 24.5 Å². The van der Waals surface area contributed by atoms with E-state index in [1.54, 1.807) is 12.1 Å². The number of ether oxygens (including phenoxy) is 3. The van der Waals surface area contributed by atoms with Crippen LogP contribution < -0.4 is 24.8 Å². The van der Waals surface area contributed by atoms with Crippen LogP contribution in [0.4, 0.5) is 10.5 Å². The van der Waals surface area contributed by atoms with Crippen LogP contribution >= 0.6 is 0 Å². The monoisotopic (exact) mass is 344 g/mol. The molecule has 2 aromatic rings. The van der Waals surface area contributed by atoms with Crippen LogP contribution in [0.25, 0.3) is 0 Å². The van der Waals surface area contributed by atoms with Gasteiger partial charge in [-0.2, -0.15) is 0 Å². The van der Waals surface area contributed by atoms with E-state index in [2.05, 4.69) is 29.7 Å². The molecule has 2 rings (SSSR count). The molecule has 0 fully saturated rings. The Kier molecular flexibility index (Phi) is 6.51. The molecule has 0 radical (unpaired) electrons. The van der Waals surface area contributed by atoms with E-state index in [1.165, 1.54) is 32.5 Å². The van der Waals surface area contributed by atoms with Crippen molar-refractivity contribution < 1.29 is 19.0 Å². The third kappa shape index (κ3) is 4.79. The molecule has 0 aliphatic heterocycles. The van der Waals surface area contributed by atoms with Crippen molar-refractivity contribution in [3.63, 3.8) is 0 Å². The summed E-state index contributed by atoms with van der Waals surface area (Å²) in [6.45, 7) is 2.60. The Balaban J connectivity index is 1.97. The van der Waals surface area contributed by atoms with Crippen molar-refractivity contribution in [2.75, 3.05) is 33.2 Å². The van der Waals surface area contributed by atoms with Gasteiger partial charge in [0.05, 0.1) is 27.0 Å². The van der Waals surface area contributed by atoms with Gasteiger partial charge in [0.15, 0.2) is 11.5 Å². The molecule has 2 aromatic carbocycles. The zero-order chi connectivity index (χ0) is 18.2. The van der Waals surface area contributed by atoms with Crippen LogP contribution in [-0.2, 0) is 6.42 Å². The van der Waals surface area contributed by atoms with Crippen molar-refractivity contribution in [3.8, 4) is 17.2 Å². The van der Waals surface area contributed by atoms with E-state index in [1.807, 2.05) is 12.1 Å². The van der Waals surface area contributed by atoms with E-state index in [4.69, 9.17) is 14.2 Å². The van der Waals surface area contributed by atoms with Gasteiger partial charge in [-0.15, -0.1) is 0 Å². The lowest BCUT2D eigenvalue weighted by atomic mass is 10.1. The molecule has 25 heavy (non-hydrogen) atoms. The molecule has 134 valence electrons. The molecule has 0 atom stereocenters. The van der Waals surface area contributed by atoms with Crippen LogP contribution in [0.2, 0.25) is 0 Å². The van der Waals surface area contributed by atoms with Crippen LogP contribution in [0.1, 0.15) is 11.1 Å². The number of hydrogen-bond donors (Lipinski definition) is 2. The number of anilines is 1. The Labute approximate surface area is 148 Å². The Morgan fingerprint density at radius 2 is 1.64 bits per heavy atom. The van der Waals surface area contributed by atoms with E-state index in [-0.39, 0.29) is 6.03 Å². The van der Waals surface area contributed by atoms with Gasteiger partial charge in [-0.1, -0.05) is 24.3 Å². The van der Waals surface area contributed by atoms with Gasteiger partial charge in [-0.3, -0.25) is 0 Å². The standard InChI is InChI=1S/C19H24N2O4/c1-13-7-5-6-8-14(13)9-10-20-19(22)21-15-11-16(23-2)18(25-4)17(12-15)24-3/h5-8,11-12H,9-10H2,1-4H3,(H2,20,21,22). The highest BCUT2D eigenvalue weighted by Crippen LogP contribution is 2.39. The van der Waals surface area contributed by atoms with Crippen LogP contribution in [0.3, 0.4) is 0 Å². The second-order valence-corrected chi connectivity index (χ2v) is 5.47. The van der Waals surface area contributed by atoms with Crippen molar-refractivity contribution in [1.82, 2.24) is 5.32 Å². The summed E-state index contributed by atoms with van der Waals surface area (Å²) in [5.41, 5.74) is 2.99. The number of urea groups is 1. The number of methoxy groups -OCH3 is 3. The third-order valence-corrected chi connectivity index (χ3v) is 3.86. The summed E-state index contributed by atoms with van der Waals surface area (Å²) in [5.74, 6) is 1.45. The van der Waals surface area contributed by atoms with Crippen molar-refractivity contribution in [2.45, 2.75) is 13.3 Å². The Bertz CT molecular complexity index is 706. The number of rotatable bonds is 7. The Morgan fingerprint density at radius 1 is 1.00 bits per heavy atom. The molecule has 0 aliphatic carbocycles. The number of carbonyl (C=O) groups excluding carboxylic acids is 1. The lowest BCUT2D eigenvalue weighted by Gasteiger charge is -2.15. The normalized spacial score (nSPS) is 10.1. The first-order chi connectivity index (χ1) is 12.1. The van der Waals surface area contributed by atoms with Crippen LogP contribution in [-0.4, -0.2) is 33.9 Å². The van der Waals surface area contributed by atoms with Gasteiger partial charge in [0.2, 0.25) is 5.75 Å². The maximum atomic E-state index is 12.1. The van der Waals surface area contributed by atoms with Gasteiger partial charge in [-0.25, -0.2) is 4.79 Å². The maximum Gasteiger partial charge on any atom is 0.319 e. The number of nitrogens with one attached hydrogen (secondary N) is 2. The highest BCUT2D eigenvalue weighted by Gasteiger charge is 2.14. The number of amides is 2. The molecular formula is C19H24N2O4. The molecular weight excluding hydrogens is 320 g/mol. The van der Waals surface area contributed by atoms with E-state index in [0.29, 0.717) is 29.5 Å². The largest absolute Gasteiger partial charge is 0.493 e. The van der Waals surface area contributed by atoms with Crippen molar-refractivity contribution >= 4 is 11.7 Å². The SMILES string of the molecule is COc1cc(NC(=O)NCCc2ccccc2C)cc(OC)c1OC. The van der Waals surface area contributed by atoms with Crippen LogP contribution in [0, 0.1) is 6.92 Å². The predicted octanol–water partition coefficient (Wildman–Crippen LogP) is 3.39. The molecule has 0 unspecified atom stereocenters. The molecule has 0 heterocycles. The quantitative estimate of drug-likeness (QED) is 0.808. The van der Waals surface area contributed by atoms with Gasteiger partial charge in [0.1, 0.15) is 0 Å². The zero-order valence-electron chi connectivity index (χ0n) is 15.0. The molecule has 2 N–H and O–H groups in total. The summed E-state index contributed by atoms with van der Waals surface area (Å²) in [7, 11) is 4.60. The number of hydrogen-bond acceptors (Lipinski definition) is 4. The lowest BCUT2D eigenvalue weighted by Crippen LogP contribution is -2.30. The summed E-state index contributed by atoms with van der Waals surface area (Å²) in [6, 6.07) is 11.2. The summed E-state index contributed by atoms with van der Waals surface area (Å²) in [6.07, 6.45) is 0.773. The lowest BCUT2D eigenvalue weighted by molar-refractivity contribution is 0.252. The van der Waals surface area contributed by atoms with Gasteiger partial charge in [0, 0.05) is 18.7 Å². The molecule has 0 aliphatic rings. The predicted molar refractivity (Wildman–Crippen MR) is 98.0 cm³/mol. The summed E-state index contributed by atoms with van der Waals surface area (Å²) in [5, 5.41) is 5.63. The van der Waals surface area contributed by atoms with Crippen molar-refractivity contribution in [1.29, 1.82) is 0 Å². The fourth-order valence-electron chi connectivity index (χ4n) is 2.53. The van der Waals surface area contributed by atoms with E-state index in [9.17, 15) is 4.79 Å². The van der Waals surface area contributed by atoms with Crippen molar-refractivity contribution in [3.05, 3.63) is 47.5 Å². The average Bonchev–Trinajstić information content (AvgIpc) is 2.62. The molecule has 6 nitrogen and oxygen atoms in total. The minimum absolute atomic E-state index is 0.289. The summed E-state index contributed by atoms with van der Waals surface area (Å²) in [4.78, 5) is 12.1. The Morgan fingerprint density at radius 3 is 2.20 bits per heavy atom. The molecule has 2 amide bonds. The van der Waals surface area contributed by atoms with E-state index >= 15 is 0 Å². The van der Waals surface area contributed by atoms with Gasteiger partial charge in [0.25, 0.3) is 0 Å². The average molecular weight is 344 g/mol. The van der Waals surface area contributed by atoms with Crippen molar-refractivity contribution in [2.24, 2.45) is 0 Å². The molecule has 0 bridgehead atoms. The second kappa shape index (κ2) is 8.82. The molecule has 0 saturated heterocycles. The highest BCUT2D eigenvalue weighted by atomic mass is 16.5. The summed E-state index contributed by atoms with van der Waals surface area (Å²) >= 11 is 0. The van der Waals surface area contributed by atoms with Crippen LogP contribution in [0.5, 0.6) is 17.2 Å². The third-order valence-electron chi connectivity index (χ3n) is 3.86. The first-order valence-electron chi connectivity index (χ1n) is 7.98. The molecule has 0 spiro atoms. The smallest absolute Gasteiger partial charge is 0.319 e. The van der Waals surface area contributed by atoms with Gasteiger partial charge < -0.3 is 24.8 Å². The second-order valence-electron chi connectivity index (χ2n) is 5.47.